The molecule has 1 aliphatic carbocycles. The Morgan fingerprint density at radius 2 is 2.00 bits per heavy atom. The highest BCUT2D eigenvalue weighted by molar-refractivity contribution is 6.33. The summed E-state index contributed by atoms with van der Waals surface area (Å²) in [4.78, 5) is 19.5. The third kappa shape index (κ3) is 11.4. The molecule has 0 aromatic heterocycles. The van der Waals surface area contributed by atoms with Crippen LogP contribution in [0.25, 0.3) is 5.70 Å². The zero-order valence-electron chi connectivity index (χ0n) is 27.1. The summed E-state index contributed by atoms with van der Waals surface area (Å²) in [5.41, 5.74) is 4.86. The van der Waals surface area contributed by atoms with Crippen molar-refractivity contribution in [2.45, 2.75) is 41.0 Å². The zero-order chi connectivity index (χ0) is 31.7. The molecule has 2 aliphatic rings. The van der Waals surface area contributed by atoms with Gasteiger partial charge in [-0.1, -0.05) is 70.2 Å². The largest absolute Gasteiger partial charge is 0.484 e. The van der Waals surface area contributed by atoms with E-state index in [0.717, 1.165) is 50.4 Å². The number of methoxy groups -OCH3 is 1. The number of nitrogens with zero attached hydrogens (tertiary/aromatic N) is 4. The summed E-state index contributed by atoms with van der Waals surface area (Å²) in [6.45, 7) is 23.4. The maximum Gasteiger partial charge on any atom is 0.256 e. The molecule has 1 aromatic carbocycles. The quantitative estimate of drug-likeness (QED) is 0.137. The van der Waals surface area contributed by atoms with Crippen LogP contribution in [0.15, 0.2) is 65.7 Å². The SMILES string of the molecule is C=CCN(CC(=O)N(C)N1CC2=C(C1)C(C)CC=C2)c1cc(C(=C)N=C(C)OC)ccc1Cl.CC.CCNCCNC. The van der Waals surface area contributed by atoms with Crippen molar-refractivity contribution in [3.63, 3.8) is 0 Å². The van der Waals surface area contributed by atoms with E-state index in [9.17, 15) is 4.79 Å². The van der Waals surface area contributed by atoms with Crippen molar-refractivity contribution < 1.29 is 9.53 Å². The van der Waals surface area contributed by atoms with Crippen LogP contribution in [0.2, 0.25) is 5.02 Å². The molecular weight excluding hydrogens is 548 g/mol. The molecule has 1 unspecified atom stereocenters. The minimum atomic E-state index is -0.0122. The minimum absolute atomic E-state index is 0.0122. The molecule has 1 aliphatic heterocycles. The Morgan fingerprint density at radius 1 is 1.29 bits per heavy atom. The van der Waals surface area contributed by atoms with E-state index in [4.69, 9.17) is 16.3 Å². The van der Waals surface area contributed by atoms with Crippen LogP contribution in [0.3, 0.4) is 0 Å². The fourth-order valence-electron chi connectivity index (χ4n) is 4.51. The summed E-state index contributed by atoms with van der Waals surface area (Å²) < 4.78 is 5.13. The summed E-state index contributed by atoms with van der Waals surface area (Å²) in [7, 11) is 5.36. The smallest absolute Gasteiger partial charge is 0.256 e. The van der Waals surface area contributed by atoms with Gasteiger partial charge in [0.2, 0.25) is 0 Å². The molecule has 42 heavy (non-hydrogen) atoms. The molecule has 3 rings (SSSR count). The molecule has 0 saturated heterocycles. The van der Waals surface area contributed by atoms with Gasteiger partial charge in [0.1, 0.15) is 0 Å². The van der Waals surface area contributed by atoms with Gasteiger partial charge in [-0.3, -0.25) is 9.80 Å². The first-order valence-corrected chi connectivity index (χ1v) is 15.2. The average Bonchev–Trinajstić information content (AvgIpc) is 3.44. The molecule has 0 bridgehead atoms. The van der Waals surface area contributed by atoms with Gasteiger partial charge in [0.25, 0.3) is 5.91 Å². The van der Waals surface area contributed by atoms with E-state index in [1.165, 1.54) is 11.1 Å². The maximum absolute atomic E-state index is 13.3. The zero-order valence-corrected chi connectivity index (χ0v) is 27.9. The average molecular weight is 601 g/mol. The fourth-order valence-corrected chi connectivity index (χ4v) is 4.74. The van der Waals surface area contributed by atoms with E-state index < -0.39 is 0 Å². The van der Waals surface area contributed by atoms with Gasteiger partial charge in [-0.2, -0.15) is 0 Å². The number of hydrazine groups is 1. The monoisotopic (exact) mass is 600 g/mol. The van der Waals surface area contributed by atoms with Crippen LogP contribution in [0.1, 0.15) is 46.6 Å². The lowest BCUT2D eigenvalue weighted by Gasteiger charge is -2.32. The van der Waals surface area contributed by atoms with Gasteiger partial charge in [-0.25, -0.2) is 10.0 Å². The predicted molar refractivity (Wildman–Crippen MR) is 181 cm³/mol. The van der Waals surface area contributed by atoms with Gasteiger partial charge in [0.15, 0.2) is 5.90 Å². The fraction of sp³-hybridized carbons (Fsp3) is 0.515. The number of benzene rings is 1. The molecule has 1 heterocycles. The van der Waals surface area contributed by atoms with Crippen molar-refractivity contribution in [1.29, 1.82) is 0 Å². The highest BCUT2D eigenvalue weighted by Crippen LogP contribution is 2.32. The lowest BCUT2D eigenvalue weighted by atomic mass is 9.90. The van der Waals surface area contributed by atoms with Crippen molar-refractivity contribution in [3.05, 3.63) is 71.3 Å². The number of allylic oxidation sites excluding steroid dienone is 1. The Hall–Kier alpha value is -2.91. The van der Waals surface area contributed by atoms with E-state index >= 15 is 0 Å². The van der Waals surface area contributed by atoms with Crippen molar-refractivity contribution in [2.24, 2.45) is 10.9 Å². The Kier molecular flexibility index (Phi) is 17.7. The Bertz CT molecular complexity index is 1110. The first-order valence-electron chi connectivity index (χ1n) is 14.9. The van der Waals surface area contributed by atoms with E-state index in [1.54, 1.807) is 31.2 Å². The summed E-state index contributed by atoms with van der Waals surface area (Å²) in [5, 5.41) is 10.6. The van der Waals surface area contributed by atoms with Gasteiger partial charge < -0.3 is 20.3 Å². The minimum Gasteiger partial charge on any atom is -0.484 e. The Labute approximate surface area is 259 Å². The van der Waals surface area contributed by atoms with E-state index in [2.05, 4.69) is 59.8 Å². The third-order valence-corrected chi connectivity index (χ3v) is 7.31. The van der Waals surface area contributed by atoms with E-state index in [0.29, 0.717) is 29.1 Å². The number of carbonyl (C=O) groups excluding carboxylic acids is 1. The molecular formula is C33H53ClN6O2. The number of aliphatic imine (C=N–C) groups is 1. The Morgan fingerprint density at radius 3 is 2.60 bits per heavy atom. The first kappa shape index (κ1) is 37.1. The second-order valence-corrected chi connectivity index (χ2v) is 10.3. The topological polar surface area (TPSA) is 72.4 Å². The van der Waals surface area contributed by atoms with Gasteiger partial charge in [0, 0.05) is 52.3 Å². The lowest BCUT2D eigenvalue weighted by Crippen LogP contribution is -2.47. The second-order valence-electron chi connectivity index (χ2n) is 9.90. The molecule has 1 aromatic rings. The van der Waals surface area contributed by atoms with Crippen LogP contribution >= 0.6 is 11.6 Å². The van der Waals surface area contributed by atoms with Gasteiger partial charge in [0.05, 0.1) is 30.1 Å². The van der Waals surface area contributed by atoms with Crippen LogP contribution in [0.5, 0.6) is 0 Å². The number of carbonyl (C=O) groups is 1. The number of likely N-dealkylation sites (N-methyl/N-ethyl adjacent to an activating group) is 3. The van der Waals surface area contributed by atoms with Crippen LogP contribution in [-0.4, -0.2) is 88.8 Å². The number of rotatable bonds is 12. The normalized spacial score (nSPS) is 16.0. The number of hydrogen-bond donors (Lipinski definition) is 2. The molecule has 0 fully saturated rings. The van der Waals surface area contributed by atoms with Crippen molar-refractivity contribution in [1.82, 2.24) is 20.7 Å². The number of halogens is 1. The second kappa shape index (κ2) is 20.1. The van der Waals surface area contributed by atoms with Crippen molar-refractivity contribution in [2.75, 3.05) is 71.9 Å². The highest BCUT2D eigenvalue weighted by atomic mass is 35.5. The van der Waals surface area contributed by atoms with E-state index in [1.807, 2.05) is 45.0 Å². The molecule has 234 valence electrons. The van der Waals surface area contributed by atoms with Crippen LogP contribution in [0, 0.1) is 5.92 Å². The number of nitrogens with one attached hydrogen (secondary N) is 2. The summed E-state index contributed by atoms with van der Waals surface area (Å²) >= 11 is 6.54. The molecule has 1 atom stereocenters. The highest BCUT2D eigenvalue weighted by Gasteiger charge is 2.30. The predicted octanol–water partition coefficient (Wildman–Crippen LogP) is 5.79. The molecule has 0 saturated carbocycles. The number of hydrogen-bond acceptors (Lipinski definition) is 7. The number of anilines is 1. The third-order valence-electron chi connectivity index (χ3n) is 6.99. The molecule has 0 spiro atoms. The molecule has 8 nitrogen and oxygen atoms in total. The molecule has 1 amide bonds. The van der Waals surface area contributed by atoms with Gasteiger partial charge >= 0.3 is 0 Å². The van der Waals surface area contributed by atoms with Crippen LogP contribution < -0.4 is 15.5 Å². The van der Waals surface area contributed by atoms with Gasteiger partial charge in [-0.05, 0) is 49.2 Å². The summed E-state index contributed by atoms with van der Waals surface area (Å²) in [6.07, 6.45) is 7.25. The molecule has 2 N–H and O–H groups in total. The Balaban J connectivity index is 0.000000858. The maximum atomic E-state index is 13.3. The van der Waals surface area contributed by atoms with Crippen LogP contribution in [-0.2, 0) is 9.53 Å². The van der Waals surface area contributed by atoms with Gasteiger partial charge in [-0.15, -0.1) is 6.58 Å². The van der Waals surface area contributed by atoms with Crippen LogP contribution in [0.4, 0.5) is 5.69 Å². The summed E-state index contributed by atoms with van der Waals surface area (Å²) in [6, 6.07) is 5.55. The lowest BCUT2D eigenvalue weighted by molar-refractivity contribution is -0.142. The molecule has 0 radical (unpaired) electrons. The van der Waals surface area contributed by atoms with Crippen molar-refractivity contribution >= 4 is 34.8 Å². The number of ether oxygens (including phenoxy) is 1. The molecule has 9 heteroatoms. The summed E-state index contributed by atoms with van der Waals surface area (Å²) in [5.74, 6) is 1.03. The number of amides is 1. The standard InChI is InChI=1S/C26H33ClN4O2.C5H14N2.C2H6/c1-7-13-30(25-14-21(11-12-24(25)27)19(3)28-20(4)33-6)17-26(32)29(5)31-15-22-10-8-9-18(2)23(22)16-31;1-3-7-5-4-6-2;1-2/h7-8,10-12,14,18H,1,3,9,13,15-17H2,2,4-6H3;6-7H,3-5H2,1-2H3;1-2H3. The first-order chi connectivity index (χ1) is 20.2. The van der Waals surface area contributed by atoms with E-state index in [-0.39, 0.29) is 12.5 Å². The van der Waals surface area contributed by atoms with Crippen molar-refractivity contribution in [3.8, 4) is 0 Å².